The molecule has 1 heterocycles. The van der Waals surface area contributed by atoms with Crippen molar-refractivity contribution < 1.29 is 0 Å². The summed E-state index contributed by atoms with van der Waals surface area (Å²) >= 11 is 0. The van der Waals surface area contributed by atoms with Crippen LogP contribution >= 0.6 is 0 Å². The van der Waals surface area contributed by atoms with E-state index >= 15 is 0 Å². The van der Waals surface area contributed by atoms with Crippen molar-refractivity contribution in [3.05, 3.63) is 17.6 Å². The molecule has 1 aromatic heterocycles. The van der Waals surface area contributed by atoms with Crippen molar-refractivity contribution in [2.75, 3.05) is 25.0 Å². The van der Waals surface area contributed by atoms with Crippen LogP contribution in [0.5, 0.6) is 0 Å². The van der Waals surface area contributed by atoms with Gasteiger partial charge in [-0.3, -0.25) is 4.98 Å². The number of hydrogen-bond acceptors (Lipinski definition) is 4. The Morgan fingerprint density at radius 1 is 1.29 bits per heavy atom. The highest BCUT2D eigenvalue weighted by Gasteiger charge is 1.99. The van der Waals surface area contributed by atoms with Crippen molar-refractivity contribution in [2.24, 2.45) is 0 Å². The van der Waals surface area contributed by atoms with Crippen LogP contribution in [0, 0.1) is 13.8 Å². The zero-order valence-electron chi connectivity index (χ0n) is 9.09. The van der Waals surface area contributed by atoms with Crippen LogP contribution in [-0.2, 0) is 0 Å². The fourth-order valence-electron chi connectivity index (χ4n) is 1.15. The van der Waals surface area contributed by atoms with E-state index in [2.05, 4.69) is 27.5 Å². The Kier molecular flexibility index (Phi) is 4.32. The van der Waals surface area contributed by atoms with Crippen molar-refractivity contribution in [1.82, 2.24) is 15.3 Å². The van der Waals surface area contributed by atoms with Crippen molar-refractivity contribution in [3.8, 4) is 0 Å². The molecule has 0 aliphatic rings. The molecule has 1 aromatic rings. The van der Waals surface area contributed by atoms with Gasteiger partial charge in [-0.25, -0.2) is 4.98 Å². The maximum atomic E-state index is 4.37. The highest BCUT2D eigenvalue weighted by molar-refractivity contribution is 5.39. The molecule has 0 saturated heterocycles. The van der Waals surface area contributed by atoms with Gasteiger partial charge in [0.05, 0.1) is 11.4 Å². The molecule has 0 unspecified atom stereocenters. The number of likely N-dealkylation sites (N-methyl/N-ethyl adjacent to an activating group) is 1. The molecule has 78 valence electrons. The molecular formula is C10H18N4. The summed E-state index contributed by atoms with van der Waals surface area (Å²) in [7, 11) is 0. The van der Waals surface area contributed by atoms with Crippen LogP contribution in [0.2, 0.25) is 0 Å². The Hall–Kier alpha value is -1.16. The monoisotopic (exact) mass is 194 g/mol. The van der Waals surface area contributed by atoms with Crippen LogP contribution < -0.4 is 10.6 Å². The zero-order chi connectivity index (χ0) is 10.4. The van der Waals surface area contributed by atoms with E-state index in [4.69, 9.17) is 0 Å². The number of hydrogen-bond donors (Lipinski definition) is 2. The lowest BCUT2D eigenvalue weighted by Gasteiger charge is -2.08. The van der Waals surface area contributed by atoms with Crippen molar-refractivity contribution in [1.29, 1.82) is 0 Å². The normalized spacial score (nSPS) is 10.2. The third kappa shape index (κ3) is 3.30. The predicted molar refractivity (Wildman–Crippen MR) is 58.5 cm³/mol. The van der Waals surface area contributed by atoms with Crippen LogP contribution in [0.1, 0.15) is 18.3 Å². The highest BCUT2D eigenvalue weighted by Crippen LogP contribution is 2.07. The van der Waals surface area contributed by atoms with E-state index in [9.17, 15) is 0 Å². The summed E-state index contributed by atoms with van der Waals surface area (Å²) in [5.74, 6) is 0.892. The van der Waals surface area contributed by atoms with Crippen molar-refractivity contribution in [3.63, 3.8) is 0 Å². The molecule has 0 spiro atoms. The molecule has 0 amide bonds. The molecule has 4 heteroatoms. The number of aromatic nitrogens is 2. The summed E-state index contributed by atoms with van der Waals surface area (Å²) in [6.07, 6.45) is 1.78. The van der Waals surface area contributed by atoms with Gasteiger partial charge in [0.15, 0.2) is 0 Å². The molecular weight excluding hydrogens is 176 g/mol. The van der Waals surface area contributed by atoms with Gasteiger partial charge in [-0.15, -0.1) is 0 Å². The summed E-state index contributed by atoms with van der Waals surface area (Å²) in [4.78, 5) is 8.60. The molecule has 0 aliphatic carbocycles. The maximum absolute atomic E-state index is 4.37. The number of aryl methyl sites for hydroxylation is 2. The molecule has 1 rings (SSSR count). The van der Waals surface area contributed by atoms with Crippen LogP contribution in [-0.4, -0.2) is 29.6 Å². The van der Waals surface area contributed by atoms with Gasteiger partial charge in [-0.1, -0.05) is 6.92 Å². The van der Waals surface area contributed by atoms with Crippen LogP contribution in [0.4, 0.5) is 5.82 Å². The van der Waals surface area contributed by atoms with Gasteiger partial charge < -0.3 is 10.6 Å². The SMILES string of the molecule is CCNCCNc1nc(C)cnc1C. The van der Waals surface area contributed by atoms with E-state index in [1.807, 2.05) is 13.8 Å². The van der Waals surface area contributed by atoms with Crippen LogP contribution in [0.3, 0.4) is 0 Å². The van der Waals surface area contributed by atoms with Gasteiger partial charge in [0.25, 0.3) is 0 Å². The van der Waals surface area contributed by atoms with Crippen LogP contribution in [0.15, 0.2) is 6.20 Å². The summed E-state index contributed by atoms with van der Waals surface area (Å²) in [5, 5.41) is 6.49. The molecule has 0 saturated carbocycles. The zero-order valence-corrected chi connectivity index (χ0v) is 9.09. The first kappa shape index (κ1) is 10.9. The fourth-order valence-corrected chi connectivity index (χ4v) is 1.15. The van der Waals surface area contributed by atoms with Gasteiger partial charge in [-0.2, -0.15) is 0 Å². The summed E-state index contributed by atoms with van der Waals surface area (Å²) in [6, 6.07) is 0. The van der Waals surface area contributed by atoms with E-state index in [1.165, 1.54) is 0 Å². The number of nitrogens with zero attached hydrogens (tertiary/aromatic N) is 2. The Morgan fingerprint density at radius 2 is 2.07 bits per heavy atom. The Morgan fingerprint density at radius 3 is 2.79 bits per heavy atom. The molecule has 0 aliphatic heterocycles. The Balaban J connectivity index is 2.45. The standard InChI is InChI=1S/C10H18N4/c1-4-11-5-6-12-10-9(3)13-7-8(2)14-10/h7,11H,4-6H2,1-3H3,(H,12,14). The van der Waals surface area contributed by atoms with E-state index in [1.54, 1.807) is 6.20 Å². The highest BCUT2D eigenvalue weighted by atomic mass is 15.0. The largest absolute Gasteiger partial charge is 0.367 e. The molecule has 0 radical (unpaired) electrons. The molecule has 4 nitrogen and oxygen atoms in total. The first-order chi connectivity index (χ1) is 6.74. The lowest BCUT2D eigenvalue weighted by molar-refractivity contribution is 0.737. The Labute approximate surface area is 85.2 Å². The average molecular weight is 194 g/mol. The minimum Gasteiger partial charge on any atom is -0.367 e. The first-order valence-electron chi connectivity index (χ1n) is 4.99. The minimum atomic E-state index is 0.882. The van der Waals surface area contributed by atoms with Crippen molar-refractivity contribution >= 4 is 5.82 Å². The first-order valence-corrected chi connectivity index (χ1v) is 4.99. The van der Waals surface area contributed by atoms with E-state index in [-0.39, 0.29) is 0 Å². The smallest absolute Gasteiger partial charge is 0.147 e. The second-order valence-electron chi connectivity index (χ2n) is 3.23. The quantitative estimate of drug-likeness (QED) is 0.690. The van der Waals surface area contributed by atoms with E-state index in [0.29, 0.717) is 0 Å². The van der Waals surface area contributed by atoms with Gasteiger partial charge in [0.1, 0.15) is 5.82 Å². The molecule has 2 N–H and O–H groups in total. The molecule has 0 fully saturated rings. The van der Waals surface area contributed by atoms with E-state index < -0.39 is 0 Å². The second kappa shape index (κ2) is 5.54. The average Bonchev–Trinajstić information content (AvgIpc) is 2.18. The van der Waals surface area contributed by atoms with Gasteiger partial charge in [0, 0.05) is 19.3 Å². The fraction of sp³-hybridized carbons (Fsp3) is 0.600. The predicted octanol–water partition coefficient (Wildman–Crippen LogP) is 1.11. The van der Waals surface area contributed by atoms with Crippen molar-refractivity contribution in [2.45, 2.75) is 20.8 Å². The lowest BCUT2D eigenvalue weighted by atomic mass is 10.4. The second-order valence-corrected chi connectivity index (χ2v) is 3.23. The lowest BCUT2D eigenvalue weighted by Crippen LogP contribution is -2.22. The van der Waals surface area contributed by atoms with E-state index in [0.717, 1.165) is 36.8 Å². The van der Waals surface area contributed by atoms with Crippen LogP contribution in [0.25, 0.3) is 0 Å². The molecule has 14 heavy (non-hydrogen) atoms. The Bertz CT molecular complexity index is 285. The molecule has 0 bridgehead atoms. The number of nitrogens with one attached hydrogen (secondary N) is 2. The number of anilines is 1. The van der Waals surface area contributed by atoms with Gasteiger partial charge in [-0.05, 0) is 20.4 Å². The summed E-state index contributed by atoms with van der Waals surface area (Å²) < 4.78 is 0. The summed E-state index contributed by atoms with van der Waals surface area (Å²) in [6.45, 7) is 8.83. The summed E-state index contributed by atoms with van der Waals surface area (Å²) in [5.41, 5.74) is 1.90. The third-order valence-corrected chi connectivity index (χ3v) is 1.92. The minimum absolute atomic E-state index is 0.882. The molecule has 0 aromatic carbocycles. The van der Waals surface area contributed by atoms with Gasteiger partial charge in [0.2, 0.25) is 0 Å². The third-order valence-electron chi connectivity index (χ3n) is 1.92. The number of rotatable bonds is 5. The maximum Gasteiger partial charge on any atom is 0.147 e. The molecule has 0 atom stereocenters. The van der Waals surface area contributed by atoms with Gasteiger partial charge >= 0.3 is 0 Å². The topological polar surface area (TPSA) is 49.8 Å².